The highest BCUT2D eigenvalue weighted by atomic mass is 35.5. The lowest BCUT2D eigenvalue weighted by molar-refractivity contribution is 1.47. The predicted octanol–water partition coefficient (Wildman–Crippen LogP) is 4.61. The first-order chi connectivity index (χ1) is 7.08. The molecule has 0 saturated heterocycles. The zero-order valence-electron chi connectivity index (χ0n) is 8.05. The minimum Gasteiger partial charge on any atom is -0.398 e. The highest BCUT2D eigenvalue weighted by molar-refractivity contribution is 7.20. The standard InChI is InChI=1S/C11H9Cl2NS/c1-6-2-3-7(4-9(6)14)8-5-10(12)15-11(8)13/h2-5H,14H2,1H3. The van der Waals surface area contributed by atoms with E-state index < -0.39 is 0 Å². The molecule has 0 bridgehead atoms. The van der Waals surface area contributed by atoms with Crippen molar-refractivity contribution in [2.24, 2.45) is 0 Å². The molecule has 1 aromatic carbocycles. The summed E-state index contributed by atoms with van der Waals surface area (Å²) in [5.41, 5.74) is 9.63. The molecule has 0 spiro atoms. The lowest BCUT2D eigenvalue weighted by atomic mass is 10.1. The molecule has 78 valence electrons. The van der Waals surface area contributed by atoms with Crippen LogP contribution in [0.25, 0.3) is 11.1 Å². The number of rotatable bonds is 1. The molecular weight excluding hydrogens is 249 g/mol. The summed E-state index contributed by atoms with van der Waals surface area (Å²) in [6, 6.07) is 7.75. The molecule has 1 heterocycles. The summed E-state index contributed by atoms with van der Waals surface area (Å²) < 4.78 is 1.39. The average Bonchev–Trinajstić information content (AvgIpc) is 2.50. The average molecular weight is 258 g/mol. The van der Waals surface area contributed by atoms with Crippen LogP contribution in [0.15, 0.2) is 24.3 Å². The molecule has 0 unspecified atom stereocenters. The van der Waals surface area contributed by atoms with Crippen molar-refractivity contribution in [2.75, 3.05) is 5.73 Å². The summed E-state index contributed by atoms with van der Waals surface area (Å²) in [6.07, 6.45) is 0. The Hall–Kier alpha value is -0.700. The maximum atomic E-state index is 6.06. The molecule has 1 aromatic heterocycles. The van der Waals surface area contributed by atoms with E-state index in [4.69, 9.17) is 28.9 Å². The van der Waals surface area contributed by atoms with Gasteiger partial charge in [-0.3, -0.25) is 0 Å². The number of anilines is 1. The van der Waals surface area contributed by atoms with Crippen molar-refractivity contribution < 1.29 is 0 Å². The Morgan fingerprint density at radius 2 is 1.93 bits per heavy atom. The van der Waals surface area contributed by atoms with Gasteiger partial charge in [0.25, 0.3) is 0 Å². The Bertz CT molecular complexity index is 505. The van der Waals surface area contributed by atoms with E-state index in [-0.39, 0.29) is 0 Å². The van der Waals surface area contributed by atoms with Crippen LogP contribution in [0.1, 0.15) is 5.56 Å². The highest BCUT2D eigenvalue weighted by Gasteiger charge is 2.08. The van der Waals surface area contributed by atoms with Gasteiger partial charge in [0.15, 0.2) is 0 Å². The van der Waals surface area contributed by atoms with Gasteiger partial charge >= 0.3 is 0 Å². The van der Waals surface area contributed by atoms with Gasteiger partial charge in [0.05, 0.1) is 4.34 Å². The summed E-state index contributed by atoms with van der Waals surface area (Å²) in [6.45, 7) is 1.97. The second kappa shape index (κ2) is 4.05. The van der Waals surface area contributed by atoms with Crippen LogP contribution in [0, 0.1) is 6.92 Å². The van der Waals surface area contributed by atoms with E-state index in [9.17, 15) is 0 Å². The predicted molar refractivity (Wildman–Crippen MR) is 68.9 cm³/mol. The second-order valence-corrected chi connectivity index (χ2v) is 5.59. The van der Waals surface area contributed by atoms with E-state index >= 15 is 0 Å². The molecule has 2 aromatic rings. The fourth-order valence-corrected chi connectivity index (χ4v) is 2.85. The van der Waals surface area contributed by atoms with Crippen molar-refractivity contribution in [2.45, 2.75) is 6.92 Å². The third-order valence-corrected chi connectivity index (χ3v) is 3.73. The number of hydrogen-bond acceptors (Lipinski definition) is 2. The monoisotopic (exact) mass is 257 g/mol. The van der Waals surface area contributed by atoms with Crippen LogP contribution in [0.5, 0.6) is 0 Å². The van der Waals surface area contributed by atoms with E-state index in [1.54, 1.807) is 0 Å². The molecule has 15 heavy (non-hydrogen) atoms. The first-order valence-electron chi connectivity index (χ1n) is 4.39. The molecular formula is C11H9Cl2NS. The van der Waals surface area contributed by atoms with Crippen LogP contribution in [0.2, 0.25) is 8.67 Å². The van der Waals surface area contributed by atoms with E-state index in [1.807, 2.05) is 31.2 Å². The van der Waals surface area contributed by atoms with Gasteiger partial charge in [0, 0.05) is 11.3 Å². The van der Waals surface area contributed by atoms with Gasteiger partial charge in [-0.2, -0.15) is 0 Å². The molecule has 2 rings (SSSR count). The van der Waals surface area contributed by atoms with Crippen molar-refractivity contribution in [1.29, 1.82) is 0 Å². The van der Waals surface area contributed by atoms with Crippen LogP contribution < -0.4 is 5.73 Å². The Morgan fingerprint density at radius 1 is 1.20 bits per heavy atom. The third-order valence-electron chi connectivity index (χ3n) is 2.25. The van der Waals surface area contributed by atoms with Gasteiger partial charge in [-0.05, 0) is 30.2 Å². The largest absolute Gasteiger partial charge is 0.398 e. The number of nitrogen functional groups attached to an aromatic ring is 1. The van der Waals surface area contributed by atoms with Crippen LogP contribution >= 0.6 is 34.5 Å². The fraction of sp³-hybridized carbons (Fsp3) is 0.0909. The van der Waals surface area contributed by atoms with Crippen molar-refractivity contribution in [3.05, 3.63) is 38.5 Å². The smallest absolute Gasteiger partial charge is 0.102 e. The lowest BCUT2D eigenvalue weighted by Crippen LogP contribution is -1.89. The quantitative estimate of drug-likeness (QED) is 0.742. The molecule has 2 N–H and O–H groups in total. The van der Waals surface area contributed by atoms with Gasteiger partial charge in [0.2, 0.25) is 0 Å². The minimum atomic E-state index is 0.689. The van der Waals surface area contributed by atoms with Crippen molar-refractivity contribution in [1.82, 2.24) is 0 Å². The van der Waals surface area contributed by atoms with Crippen molar-refractivity contribution in [3.63, 3.8) is 0 Å². The summed E-state index contributed by atoms with van der Waals surface area (Å²) in [5.74, 6) is 0. The van der Waals surface area contributed by atoms with E-state index in [0.29, 0.717) is 8.67 Å². The van der Waals surface area contributed by atoms with Gasteiger partial charge in [-0.25, -0.2) is 0 Å². The number of benzene rings is 1. The van der Waals surface area contributed by atoms with Gasteiger partial charge in [-0.1, -0.05) is 35.3 Å². The maximum Gasteiger partial charge on any atom is 0.102 e. The normalized spacial score (nSPS) is 10.6. The van der Waals surface area contributed by atoms with Gasteiger partial charge < -0.3 is 5.73 Å². The second-order valence-electron chi connectivity index (χ2n) is 3.31. The zero-order chi connectivity index (χ0) is 11.0. The molecule has 0 fully saturated rings. The molecule has 0 aliphatic heterocycles. The molecule has 0 aliphatic carbocycles. The topological polar surface area (TPSA) is 26.0 Å². The van der Waals surface area contributed by atoms with E-state index in [0.717, 1.165) is 22.4 Å². The van der Waals surface area contributed by atoms with Crippen molar-refractivity contribution >= 4 is 40.2 Å². The molecule has 0 saturated carbocycles. The Balaban J connectivity index is 2.54. The van der Waals surface area contributed by atoms with Crippen LogP contribution in [0.4, 0.5) is 5.69 Å². The zero-order valence-corrected chi connectivity index (χ0v) is 10.4. The van der Waals surface area contributed by atoms with Crippen LogP contribution in [-0.2, 0) is 0 Å². The van der Waals surface area contributed by atoms with Crippen LogP contribution in [-0.4, -0.2) is 0 Å². The molecule has 4 heteroatoms. The number of aryl methyl sites for hydroxylation is 1. The summed E-state index contributed by atoms with van der Waals surface area (Å²) in [5, 5.41) is 0. The Kier molecular flexibility index (Phi) is 2.91. The third kappa shape index (κ3) is 2.12. The number of halogens is 2. The SMILES string of the molecule is Cc1ccc(-c2cc(Cl)sc2Cl)cc1N. The number of thiophene rings is 1. The summed E-state index contributed by atoms with van der Waals surface area (Å²) in [7, 11) is 0. The first-order valence-corrected chi connectivity index (χ1v) is 5.96. The van der Waals surface area contributed by atoms with Crippen LogP contribution in [0.3, 0.4) is 0 Å². The van der Waals surface area contributed by atoms with E-state index in [2.05, 4.69) is 0 Å². The number of nitrogens with two attached hydrogens (primary N) is 1. The van der Waals surface area contributed by atoms with Crippen molar-refractivity contribution in [3.8, 4) is 11.1 Å². The maximum absolute atomic E-state index is 6.06. The number of hydrogen-bond donors (Lipinski definition) is 1. The first kappa shape index (κ1) is 10.8. The highest BCUT2D eigenvalue weighted by Crippen LogP contribution is 2.38. The lowest BCUT2D eigenvalue weighted by Gasteiger charge is -2.03. The molecule has 1 nitrogen and oxygen atoms in total. The molecule has 0 atom stereocenters. The van der Waals surface area contributed by atoms with E-state index in [1.165, 1.54) is 11.3 Å². The fourth-order valence-electron chi connectivity index (χ4n) is 1.35. The summed E-state index contributed by atoms with van der Waals surface area (Å²) in [4.78, 5) is 0. The van der Waals surface area contributed by atoms with Gasteiger partial charge in [0.1, 0.15) is 4.34 Å². The summed E-state index contributed by atoms with van der Waals surface area (Å²) >= 11 is 13.3. The molecule has 0 amide bonds. The minimum absolute atomic E-state index is 0.689. The molecule has 0 aliphatic rings. The van der Waals surface area contributed by atoms with Gasteiger partial charge in [-0.15, -0.1) is 11.3 Å². The Labute approximate surface area is 102 Å². The molecule has 0 radical (unpaired) electrons. The Morgan fingerprint density at radius 3 is 2.47 bits per heavy atom.